The molecule has 0 unspecified atom stereocenters. The molecule has 0 atom stereocenters. The Morgan fingerprint density at radius 3 is 2.33 bits per heavy atom. The van der Waals surface area contributed by atoms with E-state index >= 15 is 0 Å². The third kappa shape index (κ3) is 2.75. The summed E-state index contributed by atoms with van der Waals surface area (Å²) in [7, 11) is 3.17. The minimum atomic E-state index is -0.602. The van der Waals surface area contributed by atoms with Crippen LogP contribution in [0.5, 0.6) is 11.5 Å². The zero-order valence-electron chi connectivity index (χ0n) is 11.7. The Kier molecular flexibility index (Phi) is 4.59. The monoisotopic (exact) mass is 251 g/mol. The minimum absolute atomic E-state index is 0.00257. The lowest BCUT2D eigenvalue weighted by molar-refractivity contribution is -0.125. The smallest absolute Gasteiger partial charge is 0.230 e. The first-order valence-electron chi connectivity index (χ1n) is 5.98. The molecule has 1 amide bonds. The third-order valence-corrected chi connectivity index (χ3v) is 3.01. The molecule has 4 nitrogen and oxygen atoms in total. The molecule has 0 fully saturated rings. The predicted molar refractivity (Wildman–Crippen MR) is 71.3 cm³/mol. The number of nitrogens with one attached hydrogen (secondary N) is 1. The first kappa shape index (κ1) is 14.4. The lowest BCUT2D eigenvalue weighted by atomic mass is 9.83. The fourth-order valence-electron chi connectivity index (χ4n) is 1.74. The number of carbonyl (C=O) groups excluding carboxylic acids is 1. The molecule has 1 aromatic rings. The SMILES string of the molecule is CCNC(=O)C(C)(C)c1ccc(OC)c(OC)c1. The fourth-order valence-corrected chi connectivity index (χ4v) is 1.74. The summed E-state index contributed by atoms with van der Waals surface area (Å²) in [6, 6.07) is 5.54. The van der Waals surface area contributed by atoms with Crippen molar-refractivity contribution in [2.24, 2.45) is 0 Å². The lowest BCUT2D eigenvalue weighted by Gasteiger charge is -2.24. The number of ether oxygens (including phenoxy) is 2. The van der Waals surface area contributed by atoms with Gasteiger partial charge in [0, 0.05) is 6.54 Å². The van der Waals surface area contributed by atoms with Crippen LogP contribution in [0.1, 0.15) is 26.3 Å². The van der Waals surface area contributed by atoms with E-state index in [2.05, 4.69) is 5.32 Å². The van der Waals surface area contributed by atoms with Gasteiger partial charge in [0.25, 0.3) is 0 Å². The van der Waals surface area contributed by atoms with E-state index in [0.717, 1.165) is 5.56 Å². The van der Waals surface area contributed by atoms with Crippen molar-refractivity contribution >= 4 is 5.91 Å². The summed E-state index contributed by atoms with van der Waals surface area (Å²) in [5.41, 5.74) is 0.293. The Bertz CT molecular complexity index is 427. The molecule has 0 aliphatic carbocycles. The number of amides is 1. The van der Waals surface area contributed by atoms with Gasteiger partial charge in [-0.25, -0.2) is 0 Å². The molecule has 4 heteroatoms. The summed E-state index contributed by atoms with van der Waals surface area (Å²) in [4.78, 5) is 12.0. The zero-order chi connectivity index (χ0) is 13.8. The number of methoxy groups -OCH3 is 2. The van der Waals surface area contributed by atoms with Crippen molar-refractivity contribution in [3.05, 3.63) is 23.8 Å². The Morgan fingerprint density at radius 2 is 1.83 bits per heavy atom. The number of hydrogen-bond donors (Lipinski definition) is 1. The van der Waals surface area contributed by atoms with Gasteiger partial charge in [-0.2, -0.15) is 0 Å². The Morgan fingerprint density at radius 1 is 1.22 bits per heavy atom. The van der Waals surface area contributed by atoms with E-state index in [1.807, 2.05) is 39.0 Å². The second-order valence-corrected chi connectivity index (χ2v) is 4.55. The molecule has 0 saturated carbocycles. The standard InChI is InChI=1S/C14H21NO3/c1-6-15-13(16)14(2,3)10-7-8-11(17-4)12(9-10)18-5/h7-9H,6H2,1-5H3,(H,15,16). The molecule has 18 heavy (non-hydrogen) atoms. The normalized spacial score (nSPS) is 10.9. The zero-order valence-corrected chi connectivity index (χ0v) is 11.7. The van der Waals surface area contributed by atoms with Gasteiger partial charge in [0.1, 0.15) is 0 Å². The molecule has 0 radical (unpaired) electrons. The van der Waals surface area contributed by atoms with Crippen LogP contribution in [0.25, 0.3) is 0 Å². The summed E-state index contributed by atoms with van der Waals surface area (Å²) in [6.45, 7) is 6.30. The van der Waals surface area contributed by atoms with Crippen LogP contribution >= 0.6 is 0 Å². The quantitative estimate of drug-likeness (QED) is 0.872. The van der Waals surface area contributed by atoms with Crippen molar-refractivity contribution in [3.63, 3.8) is 0 Å². The molecule has 0 aliphatic heterocycles. The molecule has 1 rings (SSSR count). The average Bonchev–Trinajstić information content (AvgIpc) is 2.38. The highest BCUT2D eigenvalue weighted by Crippen LogP contribution is 2.33. The van der Waals surface area contributed by atoms with Gasteiger partial charge in [0.05, 0.1) is 19.6 Å². The van der Waals surface area contributed by atoms with E-state index in [0.29, 0.717) is 18.0 Å². The van der Waals surface area contributed by atoms with Crippen molar-refractivity contribution in [1.82, 2.24) is 5.32 Å². The summed E-state index contributed by atoms with van der Waals surface area (Å²) in [5, 5.41) is 2.84. The maximum atomic E-state index is 12.0. The number of benzene rings is 1. The first-order chi connectivity index (χ1) is 8.47. The summed E-state index contributed by atoms with van der Waals surface area (Å²) >= 11 is 0. The largest absolute Gasteiger partial charge is 0.493 e. The van der Waals surface area contributed by atoms with Crippen LogP contribution in [0.15, 0.2) is 18.2 Å². The van der Waals surface area contributed by atoms with Crippen LogP contribution in [0, 0.1) is 0 Å². The van der Waals surface area contributed by atoms with E-state index in [-0.39, 0.29) is 5.91 Å². The topological polar surface area (TPSA) is 47.6 Å². The van der Waals surface area contributed by atoms with Gasteiger partial charge in [-0.15, -0.1) is 0 Å². The molecule has 0 aliphatic rings. The Labute approximate surface area is 108 Å². The third-order valence-electron chi connectivity index (χ3n) is 3.01. The molecule has 0 bridgehead atoms. The molecule has 0 saturated heterocycles. The van der Waals surface area contributed by atoms with Gasteiger partial charge in [0.2, 0.25) is 5.91 Å². The molecule has 0 spiro atoms. The molecule has 1 aromatic carbocycles. The van der Waals surface area contributed by atoms with Crippen LogP contribution in [-0.2, 0) is 10.2 Å². The first-order valence-corrected chi connectivity index (χ1v) is 5.98. The van der Waals surface area contributed by atoms with E-state index < -0.39 is 5.41 Å². The van der Waals surface area contributed by atoms with Crippen molar-refractivity contribution in [1.29, 1.82) is 0 Å². The number of hydrogen-bond acceptors (Lipinski definition) is 3. The second kappa shape index (κ2) is 5.76. The van der Waals surface area contributed by atoms with E-state index in [1.165, 1.54) is 0 Å². The molecule has 0 aromatic heterocycles. The highest BCUT2D eigenvalue weighted by molar-refractivity contribution is 5.87. The molecular formula is C14H21NO3. The minimum Gasteiger partial charge on any atom is -0.493 e. The summed E-state index contributed by atoms with van der Waals surface area (Å²) in [6.07, 6.45) is 0. The van der Waals surface area contributed by atoms with Crippen LogP contribution in [0.2, 0.25) is 0 Å². The van der Waals surface area contributed by atoms with Crippen molar-refractivity contribution in [3.8, 4) is 11.5 Å². The average molecular weight is 251 g/mol. The lowest BCUT2D eigenvalue weighted by Crippen LogP contribution is -2.39. The van der Waals surface area contributed by atoms with Gasteiger partial charge < -0.3 is 14.8 Å². The van der Waals surface area contributed by atoms with E-state index in [4.69, 9.17) is 9.47 Å². The highest BCUT2D eigenvalue weighted by Gasteiger charge is 2.30. The van der Waals surface area contributed by atoms with Gasteiger partial charge in [-0.1, -0.05) is 6.07 Å². The molecular weight excluding hydrogens is 230 g/mol. The van der Waals surface area contributed by atoms with E-state index in [1.54, 1.807) is 14.2 Å². The Hall–Kier alpha value is -1.71. The van der Waals surface area contributed by atoms with Crippen molar-refractivity contribution in [2.75, 3.05) is 20.8 Å². The highest BCUT2D eigenvalue weighted by atomic mass is 16.5. The Balaban J connectivity index is 3.12. The second-order valence-electron chi connectivity index (χ2n) is 4.55. The van der Waals surface area contributed by atoms with Crippen LogP contribution in [0.3, 0.4) is 0 Å². The van der Waals surface area contributed by atoms with Crippen LogP contribution < -0.4 is 14.8 Å². The fraction of sp³-hybridized carbons (Fsp3) is 0.500. The molecule has 100 valence electrons. The van der Waals surface area contributed by atoms with E-state index in [9.17, 15) is 4.79 Å². The maximum Gasteiger partial charge on any atom is 0.230 e. The number of carbonyl (C=O) groups is 1. The van der Waals surface area contributed by atoms with Gasteiger partial charge in [0.15, 0.2) is 11.5 Å². The number of rotatable bonds is 5. The van der Waals surface area contributed by atoms with Crippen molar-refractivity contribution in [2.45, 2.75) is 26.2 Å². The summed E-state index contributed by atoms with van der Waals surface area (Å²) in [5.74, 6) is 1.29. The van der Waals surface area contributed by atoms with Crippen LogP contribution in [-0.4, -0.2) is 26.7 Å². The number of likely N-dealkylation sites (N-methyl/N-ethyl adjacent to an activating group) is 1. The maximum absolute atomic E-state index is 12.0. The predicted octanol–water partition coefficient (Wildman–Crippen LogP) is 2.12. The van der Waals surface area contributed by atoms with Gasteiger partial charge in [-0.05, 0) is 38.5 Å². The summed E-state index contributed by atoms with van der Waals surface area (Å²) < 4.78 is 10.4. The molecule has 1 N–H and O–H groups in total. The van der Waals surface area contributed by atoms with Crippen molar-refractivity contribution < 1.29 is 14.3 Å². The molecule has 0 heterocycles. The van der Waals surface area contributed by atoms with Gasteiger partial charge in [-0.3, -0.25) is 4.79 Å². The van der Waals surface area contributed by atoms with Gasteiger partial charge >= 0.3 is 0 Å². The van der Waals surface area contributed by atoms with Crippen LogP contribution in [0.4, 0.5) is 0 Å².